The Morgan fingerprint density at radius 1 is 1.05 bits per heavy atom. The monoisotopic (exact) mass is 536 g/mol. The van der Waals surface area contributed by atoms with E-state index in [4.69, 9.17) is 4.74 Å². The normalized spacial score (nSPS) is 16.6. The van der Waals surface area contributed by atoms with Crippen LogP contribution in [0.4, 0.5) is 0 Å². The van der Waals surface area contributed by atoms with Crippen LogP contribution in [0.5, 0.6) is 5.75 Å². The number of Topliss-reactive ketones (excluding diaryl/α,β-unsaturated/α-hetero) is 1. The summed E-state index contributed by atoms with van der Waals surface area (Å²) in [5, 5.41) is 8.64. The molecule has 3 atom stereocenters. The molecule has 1 aromatic heterocycles. The van der Waals surface area contributed by atoms with Crippen LogP contribution in [0.25, 0.3) is 10.2 Å². The maximum absolute atomic E-state index is 13.6. The Kier molecular flexibility index (Phi) is 9.06. The van der Waals surface area contributed by atoms with Crippen LogP contribution < -0.4 is 20.7 Å². The molecule has 3 N–H and O–H groups in total. The van der Waals surface area contributed by atoms with Gasteiger partial charge in [-0.2, -0.15) is 0 Å². The van der Waals surface area contributed by atoms with Gasteiger partial charge in [0.2, 0.25) is 17.6 Å². The quantitative estimate of drug-likeness (QED) is 0.306. The van der Waals surface area contributed by atoms with Gasteiger partial charge < -0.3 is 20.7 Å². The van der Waals surface area contributed by atoms with Crippen LogP contribution in [0.3, 0.4) is 0 Å². The fourth-order valence-electron chi connectivity index (χ4n) is 4.39. The maximum atomic E-state index is 13.6. The topological polar surface area (TPSA) is 126 Å². The number of ketones is 1. The minimum atomic E-state index is -0.955. The van der Waals surface area contributed by atoms with E-state index < -0.39 is 29.8 Å². The van der Waals surface area contributed by atoms with Gasteiger partial charge in [-0.25, -0.2) is 4.98 Å². The van der Waals surface area contributed by atoms with E-state index in [1.807, 2.05) is 44.2 Å². The summed E-state index contributed by atoms with van der Waals surface area (Å²) >= 11 is 1.25. The molecule has 0 spiro atoms. The summed E-state index contributed by atoms with van der Waals surface area (Å²) in [5.74, 6) is -1.16. The van der Waals surface area contributed by atoms with Crippen molar-refractivity contribution in [3.63, 3.8) is 0 Å². The smallest absolute Gasteiger partial charge is 0.258 e. The molecule has 4 rings (SSSR count). The summed E-state index contributed by atoms with van der Waals surface area (Å²) < 4.78 is 6.37. The highest BCUT2D eigenvalue weighted by Gasteiger charge is 2.34. The van der Waals surface area contributed by atoms with Crippen LogP contribution in [-0.4, -0.2) is 53.7 Å². The van der Waals surface area contributed by atoms with Crippen LogP contribution in [0.1, 0.15) is 42.9 Å². The molecule has 0 radical (unpaired) electrons. The number of para-hydroxylation sites is 2. The Labute approximate surface area is 225 Å². The van der Waals surface area contributed by atoms with E-state index in [9.17, 15) is 19.2 Å². The van der Waals surface area contributed by atoms with E-state index >= 15 is 0 Å². The molecule has 38 heavy (non-hydrogen) atoms. The number of carbonyl (C=O) groups excluding carboxylic acids is 4. The molecule has 1 aliphatic rings. The second-order valence-electron chi connectivity index (χ2n) is 9.78. The van der Waals surface area contributed by atoms with Gasteiger partial charge in [0.05, 0.1) is 16.3 Å². The number of carbonyl (C=O) groups is 4. The van der Waals surface area contributed by atoms with Crippen LogP contribution in [0.15, 0.2) is 54.6 Å². The first-order chi connectivity index (χ1) is 18.3. The molecular weight excluding hydrogens is 504 g/mol. The minimum absolute atomic E-state index is 0.0973. The number of aromatic nitrogens is 1. The summed E-state index contributed by atoms with van der Waals surface area (Å²) in [5.41, 5.74) is 0.702. The molecule has 1 fully saturated rings. The van der Waals surface area contributed by atoms with E-state index in [1.165, 1.54) is 11.3 Å². The highest BCUT2D eigenvalue weighted by molar-refractivity contribution is 7.20. The van der Waals surface area contributed by atoms with Gasteiger partial charge in [-0.1, -0.05) is 44.2 Å². The average molecular weight is 537 g/mol. The first-order valence-corrected chi connectivity index (χ1v) is 13.6. The molecule has 0 bridgehead atoms. The van der Waals surface area contributed by atoms with Crippen molar-refractivity contribution in [2.45, 2.75) is 45.2 Å². The lowest BCUT2D eigenvalue weighted by Gasteiger charge is -2.24. The molecule has 9 nitrogen and oxygen atoms in total. The molecular formula is C28H32N4O5S. The molecule has 2 aromatic carbocycles. The lowest BCUT2D eigenvalue weighted by Crippen LogP contribution is -2.53. The van der Waals surface area contributed by atoms with E-state index in [2.05, 4.69) is 20.9 Å². The Balaban J connectivity index is 1.48. The van der Waals surface area contributed by atoms with Gasteiger partial charge >= 0.3 is 0 Å². The highest BCUT2D eigenvalue weighted by Crippen LogP contribution is 2.25. The van der Waals surface area contributed by atoms with Crippen molar-refractivity contribution in [3.8, 4) is 5.75 Å². The molecule has 3 aromatic rings. The zero-order valence-corrected chi connectivity index (χ0v) is 22.3. The fourth-order valence-corrected chi connectivity index (χ4v) is 5.35. The van der Waals surface area contributed by atoms with Crippen molar-refractivity contribution >= 4 is 45.1 Å². The summed E-state index contributed by atoms with van der Waals surface area (Å²) in [7, 11) is 0. The zero-order chi connectivity index (χ0) is 27.1. The third-order valence-electron chi connectivity index (χ3n) is 6.29. The maximum Gasteiger partial charge on any atom is 0.258 e. The Morgan fingerprint density at radius 3 is 2.47 bits per heavy atom. The van der Waals surface area contributed by atoms with Crippen LogP contribution in [0.2, 0.25) is 0 Å². The number of benzene rings is 2. The van der Waals surface area contributed by atoms with Crippen molar-refractivity contribution in [2.75, 3.05) is 13.2 Å². The standard InChI is InChI=1S/C28H32N4O5S/c1-17(2)14-22(30-24(33)16-37-19-8-4-3-5-9-19)27(36)31-21(15-18-12-13-29-26(18)35)25(34)28-32-20-10-6-7-11-23(20)38-28/h3-11,17-18,21-22H,12-16H2,1-2H3,(H,29,35)(H,30,33)(H,31,36)/t18-,21-,22-/m0/s1. The van der Waals surface area contributed by atoms with Gasteiger partial charge in [0.1, 0.15) is 11.8 Å². The fraction of sp³-hybridized carbons (Fsp3) is 0.393. The van der Waals surface area contributed by atoms with Gasteiger partial charge in [-0.05, 0) is 49.4 Å². The summed E-state index contributed by atoms with van der Waals surface area (Å²) in [6.45, 7) is 4.17. The lowest BCUT2D eigenvalue weighted by molar-refractivity contribution is -0.130. The number of thiazole rings is 1. The summed E-state index contributed by atoms with van der Waals surface area (Å²) in [4.78, 5) is 56.4. The average Bonchev–Trinajstić information content (AvgIpc) is 3.52. The number of fused-ring (bicyclic) bond motifs is 1. The second kappa shape index (κ2) is 12.6. The number of ether oxygens (including phenoxy) is 1. The van der Waals surface area contributed by atoms with E-state index in [1.54, 1.807) is 24.3 Å². The number of hydrogen-bond donors (Lipinski definition) is 3. The van der Waals surface area contributed by atoms with E-state index in [0.717, 1.165) is 4.70 Å². The SMILES string of the molecule is CC(C)C[C@H](NC(=O)COc1ccccc1)C(=O)N[C@@H](C[C@@H]1CCNC1=O)C(=O)c1nc2ccccc2s1. The van der Waals surface area contributed by atoms with E-state index in [0.29, 0.717) is 30.7 Å². The number of nitrogens with zero attached hydrogens (tertiary/aromatic N) is 1. The lowest BCUT2D eigenvalue weighted by atomic mass is 9.95. The third kappa shape index (κ3) is 7.16. The van der Waals surface area contributed by atoms with E-state index in [-0.39, 0.29) is 35.6 Å². The van der Waals surface area contributed by atoms with Gasteiger partial charge in [0, 0.05) is 12.5 Å². The molecule has 2 heterocycles. The van der Waals surface area contributed by atoms with Crippen molar-refractivity contribution in [1.29, 1.82) is 0 Å². The molecule has 3 amide bonds. The van der Waals surface area contributed by atoms with Crippen molar-refractivity contribution < 1.29 is 23.9 Å². The molecule has 1 aliphatic heterocycles. The predicted molar refractivity (Wildman–Crippen MR) is 145 cm³/mol. The van der Waals surface area contributed by atoms with Crippen LogP contribution >= 0.6 is 11.3 Å². The Morgan fingerprint density at radius 2 is 1.79 bits per heavy atom. The first-order valence-electron chi connectivity index (χ1n) is 12.7. The zero-order valence-electron chi connectivity index (χ0n) is 21.4. The van der Waals surface area contributed by atoms with Crippen LogP contribution in [0, 0.1) is 11.8 Å². The third-order valence-corrected chi connectivity index (χ3v) is 7.34. The predicted octanol–water partition coefficient (Wildman–Crippen LogP) is 3.10. The Bertz CT molecular complexity index is 1260. The molecule has 0 saturated carbocycles. The van der Waals surface area contributed by atoms with Gasteiger partial charge in [-0.3, -0.25) is 19.2 Å². The van der Waals surface area contributed by atoms with Gasteiger partial charge in [-0.15, -0.1) is 11.3 Å². The molecule has 1 saturated heterocycles. The summed E-state index contributed by atoms with van der Waals surface area (Å²) in [6.07, 6.45) is 1.11. The second-order valence-corrected chi connectivity index (χ2v) is 10.8. The van der Waals surface area contributed by atoms with Crippen molar-refractivity contribution in [3.05, 3.63) is 59.6 Å². The molecule has 200 valence electrons. The van der Waals surface area contributed by atoms with Crippen molar-refractivity contribution in [2.24, 2.45) is 11.8 Å². The van der Waals surface area contributed by atoms with Crippen LogP contribution in [-0.2, 0) is 14.4 Å². The molecule has 0 aliphatic carbocycles. The van der Waals surface area contributed by atoms with Crippen molar-refractivity contribution in [1.82, 2.24) is 20.9 Å². The molecule has 10 heteroatoms. The van der Waals surface area contributed by atoms with Gasteiger partial charge in [0.15, 0.2) is 11.6 Å². The first kappa shape index (κ1) is 27.3. The number of nitrogens with one attached hydrogen (secondary N) is 3. The largest absolute Gasteiger partial charge is 0.484 e. The summed E-state index contributed by atoms with van der Waals surface area (Å²) in [6, 6.07) is 14.5. The van der Waals surface area contributed by atoms with Gasteiger partial charge in [0.25, 0.3) is 5.91 Å². The molecule has 0 unspecified atom stereocenters. The number of hydrogen-bond acceptors (Lipinski definition) is 7. The highest BCUT2D eigenvalue weighted by atomic mass is 32.1. The number of amides is 3. The Hall–Kier alpha value is -3.79. The minimum Gasteiger partial charge on any atom is -0.484 e. The number of rotatable bonds is 12.